The quantitative estimate of drug-likeness (QED) is 0.277. The van der Waals surface area contributed by atoms with E-state index in [0.717, 1.165) is 0 Å². The summed E-state index contributed by atoms with van der Waals surface area (Å²) in [5, 5.41) is 10.8. The second-order valence-corrected chi connectivity index (χ2v) is 11.7. The zero-order valence-electron chi connectivity index (χ0n) is 26.3. The molecule has 1 aliphatic rings. The molecular formula is C34H42F2N4O6. The number of amides is 4. The van der Waals surface area contributed by atoms with Gasteiger partial charge >= 0.3 is 12.0 Å². The van der Waals surface area contributed by atoms with Crippen molar-refractivity contribution < 1.29 is 37.5 Å². The normalized spacial score (nSPS) is 19.3. The van der Waals surface area contributed by atoms with Gasteiger partial charge in [-0.3, -0.25) is 14.4 Å². The van der Waals surface area contributed by atoms with E-state index in [1.165, 1.54) is 43.5 Å². The summed E-state index contributed by atoms with van der Waals surface area (Å²) in [7, 11) is 1.20. The van der Waals surface area contributed by atoms with Gasteiger partial charge in [0.1, 0.15) is 17.7 Å². The number of esters is 1. The van der Waals surface area contributed by atoms with Crippen LogP contribution in [-0.2, 0) is 36.8 Å². The molecule has 0 saturated heterocycles. The summed E-state index contributed by atoms with van der Waals surface area (Å²) >= 11 is 0. The number of ether oxygens (including phenoxy) is 1. The Morgan fingerprint density at radius 3 is 2.48 bits per heavy atom. The molecule has 0 saturated carbocycles. The zero-order valence-corrected chi connectivity index (χ0v) is 26.3. The summed E-state index contributed by atoms with van der Waals surface area (Å²) in [6.45, 7) is 3.81. The van der Waals surface area contributed by atoms with E-state index in [1.807, 2.05) is 0 Å². The van der Waals surface area contributed by atoms with E-state index in [2.05, 4.69) is 21.3 Å². The van der Waals surface area contributed by atoms with Crippen LogP contribution in [0.3, 0.4) is 0 Å². The van der Waals surface area contributed by atoms with Gasteiger partial charge in [0.05, 0.1) is 19.2 Å². The number of benzene rings is 2. The Hall–Kier alpha value is -4.61. The highest BCUT2D eigenvalue weighted by atomic mass is 19.1. The summed E-state index contributed by atoms with van der Waals surface area (Å²) in [6, 6.07) is 8.05. The van der Waals surface area contributed by atoms with E-state index in [4.69, 9.17) is 4.74 Å². The van der Waals surface area contributed by atoms with Crippen molar-refractivity contribution in [2.75, 3.05) is 13.7 Å². The summed E-state index contributed by atoms with van der Waals surface area (Å²) in [4.78, 5) is 64.9. The van der Waals surface area contributed by atoms with Gasteiger partial charge in [0.25, 0.3) is 0 Å². The van der Waals surface area contributed by atoms with Crippen LogP contribution in [0.5, 0.6) is 0 Å². The highest BCUT2D eigenvalue weighted by Crippen LogP contribution is 2.19. The lowest BCUT2D eigenvalue weighted by Gasteiger charge is -2.25. The Morgan fingerprint density at radius 1 is 1.02 bits per heavy atom. The minimum Gasteiger partial charge on any atom is -0.467 e. The number of carbonyl (C=O) groups excluding carboxylic acids is 5. The lowest BCUT2D eigenvalue weighted by molar-refractivity contribution is -0.144. The average Bonchev–Trinajstić information content (AvgIpc) is 3.01. The number of carbonyl (C=O) groups is 5. The van der Waals surface area contributed by atoms with Gasteiger partial charge in [0.15, 0.2) is 5.78 Å². The first-order valence-corrected chi connectivity index (χ1v) is 15.4. The lowest BCUT2D eigenvalue weighted by atomic mass is 9.90. The fourth-order valence-corrected chi connectivity index (χ4v) is 5.18. The standard InChI is InChI=1S/C34H42F2N4O6/c1-21(2)31(33(44)46-3)40-34(45)39-28(18-22-9-8-12-25(35)17-22)29(41)20-24-11-6-7-16-37-30(42)15-14-26(38-32(24)43)19-23-10-4-5-13-27(23)36/h4-5,8-10,12-15,17,21,24,26,28,31H,6-7,11,16,18-20H2,1-3H3,(H,37,42)(H,38,43)(H2,39,40,45)/b15-14+/t24-,26-,28+,31+/m1/s1. The molecule has 1 aliphatic heterocycles. The number of urea groups is 1. The van der Waals surface area contributed by atoms with Crippen molar-refractivity contribution in [3.05, 3.63) is 83.4 Å². The van der Waals surface area contributed by atoms with Crippen LogP contribution in [0, 0.1) is 23.5 Å². The maximum Gasteiger partial charge on any atom is 0.328 e. The van der Waals surface area contributed by atoms with Crippen molar-refractivity contribution in [2.45, 2.75) is 70.5 Å². The summed E-state index contributed by atoms with van der Waals surface area (Å²) in [5.41, 5.74) is 0.788. The van der Waals surface area contributed by atoms with Gasteiger partial charge in [0, 0.05) is 25.0 Å². The van der Waals surface area contributed by atoms with Crippen molar-refractivity contribution in [3.8, 4) is 0 Å². The second-order valence-electron chi connectivity index (χ2n) is 11.7. The first-order valence-electron chi connectivity index (χ1n) is 15.4. The fraction of sp³-hybridized carbons (Fsp3) is 0.441. The predicted octanol–water partition coefficient (Wildman–Crippen LogP) is 3.53. The fourth-order valence-electron chi connectivity index (χ4n) is 5.18. The van der Waals surface area contributed by atoms with Gasteiger partial charge in [-0.05, 0) is 60.9 Å². The molecule has 12 heteroatoms. The number of hydrogen-bond acceptors (Lipinski definition) is 6. The van der Waals surface area contributed by atoms with E-state index in [-0.39, 0.29) is 31.1 Å². The summed E-state index contributed by atoms with van der Waals surface area (Å²) < 4.78 is 33.2. The van der Waals surface area contributed by atoms with Gasteiger partial charge in [-0.15, -0.1) is 0 Å². The van der Waals surface area contributed by atoms with E-state index in [9.17, 15) is 32.8 Å². The molecule has 0 aliphatic carbocycles. The molecule has 1 heterocycles. The minimum absolute atomic E-state index is 0.0619. The summed E-state index contributed by atoms with van der Waals surface area (Å²) in [5.74, 6) is -4.01. The third kappa shape index (κ3) is 11.4. The van der Waals surface area contributed by atoms with E-state index in [1.54, 1.807) is 38.1 Å². The van der Waals surface area contributed by atoms with Gasteiger partial charge in [-0.2, -0.15) is 0 Å². The van der Waals surface area contributed by atoms with Crippen LogP contribution in [0.4, 0.5) is 13.6 Å². The molecular weight excluding hydrogens is 598 g/mol. The molecule has 2 aromatic rings. The minimum atomic E-state index is -1.16. The van der Waals surface area contributed by atoms with Gasteiger partial charge in [0.2, 0.25) is 11.8 Å². The third-order valence-corrected chi connectivity index (χ3v) is 7.73. The Bertz CT molecular complexity index is 1420. The van der Waals surface area contributed by atoms with Gasteiger partial charge in [-0.1, -0.05) is 56.7 Å². The molecule has 46 heavy (non-hydrogen) atoms. The molecule has 248 valence electrons. The Balaban J connectivity index is 1.83. The lowest BCUT2D eigenvalue weighted by Crippen LogP contribution is -2.53. The van der Waals surface area contributed by atoms with Crippen molar-refractivity contribution in [2.24, 2.45) is 11.8 Å². The Labute approximate surface area is 267 Å². The number of methoxy groups -OCH3 is 1. The molecule has 0 spiro atoms. The van der Waals surface area contributed by atoms with Crippen molar-refractivity contribution in [1.29, 1.82) is 0 Å². The molecule has 0 unspecified atom stereocenters. The molecule has 10 nitrogen and oxygen atoms in total. The van der Waals surface area contributed by atoms with Crippen LogP contribution < -0.4 is 21.3 Å². The van der Waals surface area contributed by atoms with Gasteiger partial charge in [-0.25, -0.2) is 18.4 Å². The SMILES string of the molecule is COC(=O)[C@@H](NC(=O)N[C@@H](Cc1cccc(F)c1)C(=O)C[C@H]1CCCCNC(=O)/C=C/[C@H](Cc2ccccc2F)NC1=O)C(C)C. The third-order valence-electron chi connectivity index (χ3n) is 7.73. The molecule has 4 N–H and O–H groups in total. The molecule has 0 aromatic heterocycles. The van der Waals surface area contributed by atoms with Crippen molar-refractivity contribution >= 4 is 29.6 Å². The Morgan fingerprint density at radius 2 is 1.78 bits per heavy atom. The van der Waals surface area contributed by atoms with Crippen LogP contribution in [0.15, 0.2) is 60.7 Å². The number of rotatable bonds is 11. The van der Waals surface area contributed by atoms with Crippen LogP contribution in [0.1, 0.15) is 50.7 Å². The number of hydrogen-bond donors (Lipinski definition) is 4. The first kappa shape index (κ1) is 35.9. The van der Waals surface area contributed by atoms with Crippen LogP contribution >= 0.6 is 0 Å². The van der Waals surface area contributed by atoms with E-state index < -0.39 is 59.4 Å². The smallest absolute Gasteiger partial charge is 0.328 e. The maximum atomic E-state index is 14.4. The topological polar surface area (TPSA) is 143 Å². The highest BCUT2D eigenvalue weighted by molar-refractivity contribution is 5.93. The van der Waals surface area contributed by atoms with E-state index >= 15 is 0 Å². The van der Waals surface area contributed by atoms with Crippen LogP contribution in [0.25, 0.3) is 0 Å². The number of halogens is 2. The van der Waals surface area contributed by atoms with Crippen molar-refractivity contribution in [1.82, 2.24) is 21.3 Å². The number of ketones is 1. The zero-order chi connectivity index (χ0) is 33.6. The monoisotopic (exact) mass is 640 g/mol. The van der Waals surface area contributed by atoms with Crippen LogP contribution in [-0.4, -0.2) is 61.4 Å². The molecule has 0 bridgehead atoms. The van der Waals surface area contributed by atoms with Crippen LogP contribution in [0.2, 0.25) is 0 Å². The molecule has 4 atom stereocenters. The molecule has 3 rings (SSSR count). The molecule has 0 radical (unpaired) electrons. The maximum absolute atomic E-state index is 14.4. The highest BCUT2D eigenvalue weighted by Gasteiger charge is 2.31. The van der Waals surface area contributed by atoms with Crippen molar-refractivity contribution in [3.63, 3.8) is 0 Å². The molecule has 2 aromatic carbocycles. The first-order chi connectivity index (χ1) is 22.0. The predicted molar refractivity (Wildman–Crippen MR) is 167 cm³/mol. The second kappa shape index (κ2) is 17.8. The Kier molecular flexibility index (Phi) is 13.9. The van der Waals surface area contributed by atoms with Gasteiger partial charge < -0.3 is 26.0 Å². The van der Waals surface area contributed by atoms with E-state index in [0.29, 0.717) is 36.9 Å². The largest absolute Gasteiger partial charge is 0.467 e. The molecule has 0 fully saturated rings. The number of Topliss-reactive ketones (excluding diaryl/α,β-unsaturated/α-hetero) is 1. The summed E-state index contributed by atoms with van der Waals surface area (Å²) in [6.07, 6.45) is 3.94. The average molecular weight is 641 g/mol. The number of nitrogens with one attached hydrogen (secondary N) is 4. The molecule has 4 amide bonds.